The average molecular weight is 291 g/mol. The molecule has 0 spiro atoms. The van der Waals surface area contributed by atoms with Gasteiger partial charge >= 0.3 is 0 Å². The molecule has 22 heavy (non-hydrogen) atoms. The quantitative estimate of drug-likeness (QED) is 0.811. The predicted molar refractivity (Wildman–Crippen MR) is 80.1 cm³/mol. The number of benzene rings is 1. The topological polar surface area (TPSA) is 71.1 Å². The summed E-state index contributed by atoms with van der Waals surface area (Å²) in [6.07, 6.45) is 5.04. The van der Waals surface area contributed by atoms with Gasteiger partial charge in [-0.3, -0.25) is 9.59 Å². The van der Waals surface area contributed by atoms with Crippen molar-refractivity contribution >= 4 is 17.1 Å². The zero-order chi connectivity index (χ0) is 15.5. The van der Waals surface area contributed by atoms with Gasteiger partial charge in [-0.05, 0) is 60.4 Å². The van der Waals surface area contributed by atoms with Crippen molar-refractivity contribution in [3.63, 3.8) is 0 Å². The Hall–Kier alpha value is -2.93. The fraction of sp³-hybridized carbons (Fsp3) is 0.167. The van der Waals surface area contributed by atoms with Crippen LogP contribution in [0.15, 0.2) is 47.1 Å². The number of carbonyl (C=O) groups is 2. The smallest absolute Gasteiger partial charge is 0.228 e. The van der Waals surface area contributed by atoms with Crippen molar-refractivity contribution in [3.8, 4) is 6.07 Å². The third-order valence-corrected chi connectivity index (χ3v) is 3.69. The van der Waals surface area contributed by atoms with Crippen LogP contribution >= 0.6 is 0 Å². The molecule has 1 aliphatic carbocycles. The number of nitrogens with zero attached hydrogens (tertiary/aromatic N) is 1. The molecule has 1 aromatic heterocycles. The summed E-state index contributed by atoms with van der Waals surface area (Å²) in [7, 11) is 0. The molecule has 4 heteroatoms. The molecule has 0 bridgehead atoms. The van der Waals surface area contributed by atoms with Gasteiger partial charge in [0, 0.05) is 12.0 Å². The Balaban J connectivity index is 2.13. The highest BCUT2D eigenvalue weighted by Gasteiger charge is 2.21. The number of nitriles is 1. The maximum Gasteiger partial charge on any atom is 0.228 e. The van der Waals surface area contributed by atoms with Crippen LogP contribution < -0.4 is 0 Å². The van der Waals surface area contributed by atoms with Gasteiger partial charge in [0.15, 0.2) is 11.5 Å². The molecular formula is C18H13NO3. The van der Waals surface area contributed by atoms with Crippen LogP contribution in [-0.2, 0) is 4.79 Å². The molecule has 4 nitrogen and oxygen atoms in total. The summed E-state index contributed by atoms with van der Waals surface area (Å²) in [5, 5.41) is 9.09. The molecule has 0 saturated heterocycles. The summed E-state index contributed by atoms with van der Waals surface area (Å²) in [4.78, 5) is 24.2. The maximum absolute atomic E-state index is 12.6. The number of hydrogen-bond donors (Lipinski definition) is 0. The Morgan fingerprint density at radius 2 is 2.09 bits per heavy atom. The first-order valence-electron chi connectivity index (χ1n) is 7.05. The summed E-state index contributed by atoms with van der Waals surface area (Å²) in [5.41, 5.74) is 2.37. The summed E-state index contributed by atoms with van der Waals surface area (Å²) in [6.45, 7) is 0. The minimum Gasteiger partial charge on any atom is -0.461 e. The van der Waals surface area contributed by atoms with E-state index < -0.39 is 0 Å². The van der Waals surface area contributed by atoms with Gasteiger partial charge < -0.3 is 4.42 Å². The summed E-state index contributed by atoms with van der Waals surface area (Å²) < 4.78 is 5.17. The van der Waals surface area contributed by atoms with E-state index in [4.69, 9.17) is 9.68 Å². The highest BCUT2D eigenvalue weighted by atomic mass is 16.3. The number of furan rings is 1. The molecule has 3 rings (SSSR count). The lowest BCUT2D eigenvalue weighted by Crippen LogP contribution is -2.08. The third-order valence-electron chi connectivity index (χ3n) is 3.69. The highest BCUT2D eigenvalue weighted by Crippen LogP contribution is 2.30. The molecule has 2 aromatic rings. The van der Waals surface area contributed by atoms with Crippen molar-refractivity contribution in [3.05, 3.63) is 65.1 Å². The van der Waals surface area contributed by atoms with E-state index >= 15 is 0 Å². The van der Waals surface area contributed by atoms with Crippen molar-refractivity contribution in [1.29, 1.82) is 5.26 Å². The molecule has 1 aromatic carbocycles. The molecule has 0 N–H and O–H groups in total. The number of rotatable bonds is 3. The zero-order valence-electron chi connectivity index (χ0n) is 11.8. The predicted octanol–water partition coefficient (Wildman–Crippen LogP) is 3.52. The SMILES string of the molecule is N#Cc1ccc(C(=O)c2ccco2)c(C2=CC(=O)CCC2)c1. The normalized spacial score (nSPS) is 14.3. The van der Waals surface area contributed by atoms with Crippen molar-refractivity contribution in [2.45, 2.75) is 19.3 Å². The molecule has 1 heterocycles. The molecule has 0 radical (unpaired) electrons. The summed E-state index contributed by atoms with van der Waals surface area (Å²) in [6, 6.07) is 10.2. The van der Waals surface area contributed by atoms with Crippen molar-refractivity contribution in [2.75, 3.05) is 0 Å². The van der Waals surface area contributed by atoms with Gasteiger partial charge in [0.05, 0.1) is 17.9 Å². The van der Waals surface area contributed by atoms with Crippen LogP contribution in [-0.4, -0.2) is 11.6 Å². The largest absolute Gasteiger partial charge is 0.461 e. The van der Waals surface area contributed by atoms with E-state index in [1.54, 1.807) is 36.4 Å². The number of hydrogen-bond acceptors (Lipinski definition) is 4. The van der Waals surface area contributed by atoms with Gasteiger partial charge in [0.25, 0.3) is 0 Å². The molecular weight excluding hydrogens is 278 g/mol. The first-order chi connectivity index (χ1) is 10.7. The molecule has 108 valence electrons. The van der Waals surface area contributed by atoms with Crippen molar-refractivity contribution in [2.24, 2.45) is 0 Å². The zero-order valence-corrected chi connectivity index (χ0v) is 11.8. The fourth-order valence-electron chi connectivity index (χ4n) is 2.62. The minimum absolute atomic E-state index is 0.0556. The first kappa shape index (κ1) is 14.0. The lowest BCUT2D eigenvalue weighted by atomic mass is 9.88. The number of ketones is 2. The maximum atomic E-state index is 12.6. The van der Waals surface area contributed by atoms with E-state index in [0.29, 0.717) is 23.1 Å². The van der Waals surface area contributed by atoms with E-state index in [0.717, 1.165) is 18.4 Å². The second kappa shape index (κ2) is 5.82. The van der Waals surface area contributed by atoms with Crippen LogP contribution in [0.25, 0.3) is 5.57 Å². The lowest BCUT2D eigenvalue weighted by Gasteiger charge is -2.15. The minimum atomic E-state index is -0.247. The van der Waals surface area contributed by atoms with Gasteiger partial charge in [-0.1, -0.05) is 0 Å². The Kier molecular flexibility index (Phi) is 3.71. The van der Waals surface area contributed by atoms with Crippen LogP contribution in [0.5, 0.6) is 0 Å². The Morgan fingerprint density at radius 1 is 1.23 bits per heavy atom. The van der Waals surface area contributed by atoms with E-state index in [9.17, 15) is 9.59 Å². The first-order valence-corrected chi connectivity index (χ1v) is 7.05. The summed E-state index contributed by atoms with van der Waals surface area (Å²) in [5.74, 6) is 0.0529. The monoisotopic (exact) mass is 291 g/mol. The van der Waals surface area contributed by atoms with E-state index in [2.05, 4.69) is 6.07 Å². The average Bonchev–Trinajstić information content (AvgIpc) is 3.08. The van der Waals surface area contributed by atoms with E-state index in [1.165, 1.54) is 6.26 Å². The van der Waals surface area contributed by atoms with Crippen LogP contribution in [0.1, 0.15) is 46.5 Å². The molecule has 1 aliphatic rings. The van der Waals surface area contributed by atoms with Gasteiger partial charge in [0.2, 0.25) is 5.78 Å². The Morgan fingerprint density at radius 3 is 2.77 bits per heavy atom. The van der Waals surface area contributed by atoms with E-state index in [-0.39, 0.29) is 17.3 Å². The number of carbonyl (C=O) groups excluding carboxylic acids is 2. The van der Waals surface area contributed by atoms with Crippen LogP contribution in [0.3, 0.4) is 0 Å². The molecule has 0 fully saturated rings. The standard InChI is InChI=1S/C18H13NO3/c19-11-12-6-7-15(18(21)17-5-2-8-22-17)16(9-12)13-3-1-4-14(20)10-13/h2,5-10H,1,3-4H2. The molecule has 0 amide bonds. The van der Waals surface area contributed by atoms with Crippen LogP contribution in [0.4, 0.5) is 0 Å². The van der Waals surface area contributed by atoms with Crippen molar-refractivity contribution < 1.29 is 14.0 Å². The number of allylic oxidation sites excluding steroid dienone is 2. The van der Waals surface area contributed by atoms with Gasteiger partial charge in [0.1, 0.15) is 0 Å². The molecule has 0 unspecified atom stereocenters. The van der Waals surface area contributed by atoms with Gasteiger partial charge in [-0.15, -0.1) is 0 Å². The van der Waals surface area contributed by atoms with E-state index in [1.807, 2.05) is 0 Å². The van der Waals surface area contributed by atoms with Crippen molar-refractivity contribution in [1.82, 2.24) is 0 Å². The third kappa shape index (κ3) is 2.61. The summed E-state index contributed by atoms with van der Waals surface area (Å²) >= 11 is 0. The second-order valence-electron chi connectivity index (χ2n) is 5.17. The van der Waals surface area contributed by atoms with Gasteiger partial charge in [-0.2, -0.15) is 5.26 Å². The molecule has 0 aliphatic heterocycles. The lowest BCUT2D eigenvalue weighted by molar-refractivity contribution is -0.114. The second-order valence-corrected chi connectivity index (χ2v) is 5.17. The fourth-order valence-corrected chi connectivity index (χ4v) is 2.62. The van der Waals surface area contributed by atoms with Crippen LogP contribution in [0.2, 0.25) is 0 Å². The molecule has 0 atom stereocenters. The van der Waals surface area contributed by atoms with Gasteiger partial charge in [-0.25, -0.2) is 0 Å². The van der Waals surface area contributed by atoms with Crippen LogP contribution in [0, 0.1) is 11.3 Å². The Bertz CT molecular complexity index is 807. The Labute approximate surface area is 127 Å². The highest BCUT2D eigenvalue weighted by molar-refractivity contribution is 6.11. The molecule has 0 saturated carbocycles.